The molecular formula is C23H22N2O. The topological polar surface area (TPSA) is 33.2 Å². The molecule has 130 valence electrons. The lowest BCUT2D eigenvalue weighted by Gasteiger charge is -2.24. The van der Waals surface area contributed by atoms with Crippen molar-refractivity contribution in [2.75, 3.05) is 6.54 Å². The van der Waals surface area contributed by atoms with Crippen LogP contribution in [0.2, 0.25) is 0 Å². The molecule has 3 heteroatoms. The van der Waals surface area contributed by atoms with E-state index in [-0.39, 0.29) is 11.9 Å². The van der Waals surface area contributed by atoms with Crippen molar-refractivity contribution in [3.05, 3.63) is 101 Å². The van der Waals surface area contributed by atoms with Crippen LogP contribution in [0.5, 0.6) is 0 Å². The molecule has 0 radical (unpaired) electrons. The highest BCUT2D eigenvalue weighted by Gasteiger charge is 2.31. The fourth-order valence-corrected chi connectivity index (χ4v) is 3.65. The molecule has 1 atom stereocenters. The van der Waals surface area contributed by atoms with Crippen LogP contribution in [0.1, 0.15) is 46.2 Å². The number of likely N-dealkylation sites (tertiary alicyclic amines) is 1. The SMILES string of the molecule is O=C(c1ccccc1)N1CCCC1c1cccc(Cc2ccccc2)n1. The van der Waals surface area contributed by atoms with E-state index in [1.54, 1.807) is 0 Å². The van der Waals surface area contributed by atoms with Crippen LogP contribution in [-0.2, 0) is 6.42 Å². The largest absolute Gasteiger partial charge is 0.330 e. The Morgan fingerprint density at radius 3 is 2.42 bits per heavy atom. The Hall–Kier alpha value is -2.94. The third-order valence-corrected chi connectivity index (χ3v) is 4.93. The van der Waals surface area contributed by atoms with E-state index in [0.717, 1.165) is 42.8 Å². The highest BCUT2D eigenvalue weighted by molar-refractivity contribution is 5.94. The smallest absolute Gasteiger partial charge is 0.254 e. The van der Waals surface area contributed by atoms with E-state index in [9.17, 15) is 4.79 Å². The minimum absolute atomic E-state index is 0.0680. The predicted molar refractivity (Wildman–Crippen MR) is 103 cm³/mol. The van der Waals surface area contributed by atoms with Crippen LogP contribution in [0.3, 0.4) is 0 Å². The molecule has 0 N–H and O–H groups in total. The van der Waals surface area contributed by atoms with Crippen molar-refractivity contribution < 1.29 is 4.79 Å². The van der Waals surface area contributed by atoms with Crippen LogP contribution in [0.4, 0.5) is 0 Å². The molecular weight excluding hydrogens is 320 g/mol. The third-order valence-electron chi connectivity index (χ3n) is 4.93. The molecule has 1 aromatic heterocycles. The first-order valence-corrected chi connectivity index (χ1v) is 9.17. The zero-order chi connectivity index (χ0) is 17.8. The first-order chi connectivity index (χ1) is 12.8. The van der Waals surface area contributed by atoms with Crippen molar-refractivity contribution in [3.63, 3.8) is 0 Å². The number of nitrogens with zero attached hydrogens (tertiary/aromatic N) is 2. The zero-order valence-electron chi connectivity index (χ0n) is 14.7. The number of carbonyl (C=O) groups excluding carboxylic acids is 1. The van der Waals surface area contributed by atoms with Crippen LogP contribution < -0.4 is 0 Å². The van der Waals surface area contributed by atoms with Crippen molar-refractivity contribution >= 4 is 5.91 Å². The van der Waals surface area contributed by atoms with Crippen LogP contribution in [0.25, 0.3) is 0 Å². The lowest BCUT2D eigenvalue weighted by atomic mass is 10.1. The normalized spacial score (nSPS) is 16.6. The van der Waals surface area contributed by atoms with Crippen LogP contribution >= 0.6 is 0 Å². The highest BCUT2D eigenvalue weighted by atomic mass is 16.2. The fourth-order valence-electron chi connectivity index (χ4n) is 3.65. The number of pyridine rings is 1. The number of hydrogen-bond acceptors (Lipinski definition) is 2. The summed E-state index contributed by atoms with van der Waals surface area (Å²) in [5.74, 6) is 0.100. The molecule has 1 fully saturated rings. The summed E-state index contributed by atoms with van der Waals surface area (Å²) in [6.07, 6.45) is 2.81. The fraction of sp³-hybridized carbons (Fsp3) is 0.217. The first kappa shape index (κ1) is 16.5. The van der Waals surface area contributed by atoms with Gasteiger partial charge in [0.05, 0.1) is 11.7 Å². The van der Waals surface area contributed by atoms with Gasteiger partial charge < -0.3 is 4.90 Å². The van der Waals surface area contributed by atoms with E-state index in [2.05, 4.69) is 42.5 Å². The van der Waals surface area contributed by atoms with Crippen molar-refractivity contribution in [2.24, 2.45) is 0 Å². The van der Waals surface area contributed by atoms with Gasteiger partial charge in [-0.1, -0.05) is 54.6 Å². The number of hydrogen-bond donors (Lipinski definition) is 0. The van der Waals surface area contributed by atoms with Crippen LogP contribution in [0, 0.1) is 0 Å². The van der Waals surface area contributed by atoms with Crippen molar-refractivity contribution in [3.8, 4) is 0 Å². The summed E-state index contributed by atoms with van der Waals surface area (Å²) >= 11 is 0. The molecule has 26 heavy (non-hydrogen) atoms. The van der Waals surface area contributed by atoms with Gasteiger partial charge in [0.15, 0.2) is 0 Å². The zero-order valence-corrected chi connectivity index (χ0v) is 14.7. The standard InChI is InChI=1S/C23H22N2O/c26-23(19-11-5-2-6-12-19)25-16-8-15-22(25)21-14-7-13-20(24-21)17-18-9-3-1-4-10-18/h1-7,9-14,22H,8,15-17H2. The summed E-state index contributed by atoms with van der Waals surface area (Å²) in [5, 5.41) is 0. The first-order valence-electron chi connectivity index (χ1n) is 9.17. The second-order valence-corrected chi connectivity index (χ2v) is 6.74. The summed E-state index contributed by atoms with van der Waals surface area (Å²) in [6.45, 7) is 0.795. The monoisotopic (exact) mass is 342 g/mol. The molecule has 1 aliphatic rings. The van der Waals surface area contributed by atoms with Gasteiger partial charge in [-0.3, -0.25) is 9.78 Å². The molecule has 4 rings (SSSR count). The van der Waals surface area contributed by atoms with Gasteiger partial charge in [0, 0.05) is 24.2 Å². The molecule has 3 nitrogen and oxygen atoms in total. The average molecular weight is 342 g/mol. The van der Waals surface area contributed by atoms with E-state index in [4.69, 9.17) is 4.98 Å². The molecule has 0 saturated carbocycles. The summed E-state index contributed by atoms with van der Waals surface area (Å²) in [7, 11) is 0. The van der Waals surface area contributed by atoms with Gasteiger partial charge in [-0.25, -0.2) is 0 Å². The second kappa shape index (κ2) is 7.52. The highest BCUT2D eigenvalue weighted by Crippen LogP contribution is 2.32. The maximum Gasteiger partial charge on any atom is 0.254 e. The van der Waals surface area contributed by atoms with Gasteiger partial charge in [-0.05, 0) is 42.7 Å². The summed E-state index contributed by atoms with van der Waals surface area (Å²) in [6, 6.07) is 26.2. The molecule has 3 aromatic rings. The lowest BCUT2D eigenvalue weighted by Crippen LogP contribution is -2.31. The second-order valence-electron chi connectivity index (χ2n) is 6.74. The Kier molecular flexibility index (Phi) is 4.78. The van der Waals surface area contributed by atoms with Crippen molar-refractivity contribution in [1.29, 1.82) is 0 Å². The average Bonchev–Trinajstić information content (AvgIpc) is 3.19. The van der Waals surface area contributed by atoms with Gasteiger partial charge in [0.1, 0.15) is 0 Å². The minimum atomic E-state index is 0.0680. The third kappa shape index (κ3) is 3.52. The Morgan fingerprint density at radius 1 is 0.923 bits per heavy atom. The van der Waals surface area contributed by atoms with E-state index in [0.29, 0.717) is 0 Å². The maximum atomic E-state index is 12.9. The maximum absolute atomic E-state index is 12.9. The van der Waals surface area contributed by atoms with Gasteiger partial charge in [-0.15, -0.1) is 0 Å². The van der Waals surface area contributed by atoms with Gasteiger partial charge in [0.25, 0.3) is 5.91 Å². The van der Waals surface area contributed by atoms with Crippen LogP contribution in [0.15, 0.2) is 78.9 Å². The molecule has 2 heterocycles. The molecule has 0 spiro atoms. The Labute approximate surface area is 154 Å². The van der Waals surface area contributed by atoms with Gasteiger partial charge in [0.2, 0.25) is 0 Å². The molecule has 0 aliphatic carbocycles. The van der Waals surface area contributed by atoms with Crippen LogP contribution in [-0.4, -0.2) is 22.3 Å². The number of rotatable bonds is 4. The minimum Gasteiger partial charge on any atom is -0.330 e. The molecule has 0 bridgehead atoms. The number of benzene rings is 2. The Morgan fingerprint density at radius 2 is 1.65 bits per heavy atom. The van der Waals surface area contributed by atoms with E-state index >= 15 is 0 Å². The summed E-state index contributed by atoms with van der Waals surface area (Å²) in [5.41, 5.74) is 4.05. The molecule has 1 aliphatic heterocycles. The van der Waals surface area contributed by atoms with Gasteiger partial charge >= 0.3 is 0 Å². The molecule has 1 unspecified atom stereocenters. The number of amides is 1. The van der Waals surface area contributed by atoms with E-state index < -0.39 is 0 Å². The van der Waals surface area contributed by atoms with Gasteiger partial charge in [-0.2, -0.15) is 0 Å². The lowest BCUT2D eigenvalue weighted by molar-refractivity contribution is 0.0733. The summed E-state index contributed by atoms with van der Waals surface area (Å²) < 4.78 is 0. The number of aromatic nitrogens is 1. The van der Waals surface area contributed by atoms with E-state index in [1.807, 2.05) is 41.3 Å². The Bertz CT molecular complexity index is 877. The molecule has 1 saturated heterocycles. The van der Waals surface area contributed by atoms with E-state index in [1.165, 1.54) is 5.56 Å². The molecule has 1 amide bonds. The van der Waals surface area contributed by atoms with Crippen molar-refractivity contribution in [2.45, 2.75) is 25.3 Å². The summed E-state index contributed by atoms with van der Waals surface area (Å²) in [4.78, 5) is 19.8. The Balaban J connectivity index is 1.56. The number of carbonyl (C=O) groups is 1. The quantitative estimate of drug-likeness (QED) is 0.691. The predicted octanol–water partition coefficient (Wildman–Crippen LogP) is 4.65. The molecule has 2 aromatic carbocycles. The van der Waals surface area contributed by atoms with Crippen molar-refractivity contribution in [1.82, 2.24) is 9.88 Å².